The molecule has 1 heterocycles. The predicted molar refractivity (Wildman–Crippen MR) is 70.1 cm³/mol. The molecule has 0 radical (unpaired) electrons. The molecule has 0 atom stereocenters. The number of aromatic nitrogens is 2. The van der Waals surface area contributed by atoms with Gasteiger partial charge in [-0.25, -0.2) is 10.8 Å². The van der Waals surface area contributed by atoms with Gasteiger partial charge in [-0.2, -0.15) is 0 Å². The molecule has 1 aromatic heterocycles. The summed E-state index contributed by atoms with van der Waals surface area (Å²) in [5.41, 5.74) is 2.03. The maximum atomic E-state index is 11.7. The summed E-state index contributed by atoms with van der Waals surface area (Å²) in [6.07, 6.45) is 2.67. The number of anilines is 1. The van der Waals surface area contributed by atoms with Crippen molar-refractivity contribution in [2.45, 2.75) is 26.3 Å². The van der Waals surface area contributed by atoms with Crippen molar-refractivity contribution >= 4 is 17.6 Å². The molecule has 8 nitrogen and oxygen atoms in total. The number of hydrazine groups is 1. The van der Waals surface area contributed by atoms with Gasteiger partial charge in [0.05, 0.1) is 18.9 Å². The van der Waals surface area contributed by atoms with Gasteiger partial charge in [-0.3, -0.25) is 14.6 Å². The van der Waals surface area contributed by atoms with E-state index >= 15 is 0 Å². The Kier molecular flexibility index (Phi) is 4.76. The first-order chi connectivity index (χ1) is 8.81. The van der Waals surface area contributed by atoms with Crippen LogP contribution < -0.4 is 21.9 Å². The van der Waals surface area contributed by atoms with Gasteiger partial charge in [0, 0.05) is 5.54 Å². The zero-order valence-electron chi connectivity index (χ0n) is 11.2. The second-order valence-corrected chi connectivity index (χ2v) is 4.91. The smallest absolute Gasteiger partial charge is 0.272 e. The summed E-state index contributed by atoms with van der Waals surface area (Å²) >= 11 is 0. The standard InChI is InChI=1S/C11H18N6O2/c1-11(2,3)16-9(18)6-14-10(19)7-4-13-5-8(15-7)17-12/h4-5H,6,12H2,1-3H3,(H,14,19)(H,15,17)(H,16,18). The number of nitrogens with two attached hydrogens (primary N) is 1. The summed E-state index contributed by atoms with van der Waals surface area (Å²) in [5, 5.41) is 5.18. The van der Waals surface area contributed by atoms with Crippen LogP contribution in [0.4, 0.5) is 5.82 Å². The summed E-state index contributed by atoms with van der Waals surface area (Å²) in [6.45, 7) is 5.44. The molecule has 0 aromatic carbocycles. The number of nitrogens with zero attached hydrogens (tertiary/aromatic N) is 2. The van der Waals surface area contributed by atoms with E-state index in [9.17, 15) is 9.59 Å². The van der Waals surface area contributed by atoms with Crippen molar-refractivity contribution in [1.82, 2.24) is 20.6 Å². The van der Waals surface area contributed by atoms with Crippen LogP contribution in [-0.2, 0) is 4.79 Å². The molecule has 1 rings (SSSR count). The van der Waals surface area contributed by atoms with Gasteiger partial charge in [0.15, 0.2) is 5.82 Å². The lowest BCUT2D eigenvalue weighted by Crippen LogP contribution is -2.45. The second-order valence-electron chi connectivity index (χ2n) is 4.91. The van der Waals surface area contributed by atoms with Crippen molar-refractivity contribution in [1.29, 1.82) is 0 Å². The van der Waals surface area contributed by atoms with E-state index in [1.807, 2.05) is 20.8 Å². The van der Waals surface area contributed by atoms with Gasteiger partial charge < -0.3 is 16.1 Å². The fourth-order valence-corrected chi connectivity index (χ4v) is 1.26. The molecule has 0 saturated heterocycles. The van der Waals surface area contributed by atoms with Crippen molar-refractivity contribution in [3.05, 3.63) is 18.1 Å². The van der Waals surface area contributed by atoms with Crippen LogP contribution in [0.5, 0.6) is 0 Å². The molecule has 0 spiro atoms. The fraction of sp³-hybridized carbons (Fsp3) is 0.455. The van der Waals surface area contributed by atoms with E-state index in [1.165, 1.54) is 12.4 Å². The average molecular weight is 266 g/mol. The topological polar surface area (TPSA) is 122 Å². The Morgan fingerprint density at radius 3 is 2.58 bits per heavy atom. The lowest BCUT2D eigenvalue weighted by atomic mass is 10.1. The largest absolute Gasteiger partial charge is 0.350 e. The van der Waals surface area contributed by atoms with Crippen molar-refractivity contribution in [3.8, 4) is 0 Å². The molecule has 0 bridgehead atoms. The Labute approximate surface area is 111 Å². The SMILES string of the molecule is CC(C)(C)NC(=O)CNC(=O)c1cncc(NN)n1. The normalized spacial score (nSPS) is 10.7. The van der Waals surface area contributed by atoms with Crippen molar-refractivity contribution < 1.29 is 9.59 Å². The molecule has 0 aliphatic heterocycles. The van der Waals surface area contributed by atoms with Crippen LogP contribution in [0.15, 0.2) is 12.4 Å². The maximum Gasteiger partial charge on any atom is 0.272 e. The average Bonchev–Trinajstić information content (AvgIpc) is 2.34. The van der Waals surface area contributed by atoms with Crippen LogP contribution in [0.2, 0.25) is 0 Å². The third kappa shape index (κ3) is 5.30. The number of hydrogen-bond donors (Lipinski definition) is 4. The van der Waals surface area contributed by atoms with Crippen molar-refractivity contribution in [2.75, 3.05) is 12.0 Å². The number of nitrogen functional groups attached to an aromatic ring is 1. The summed E-state index contributed by atoms with van der Waals surface area (Å²) < 4.78 is 0. The number of nitrogens with one attached hydrogen (secondary N) is 3. The fourth-order valence-electron chi connectivity index (χ4n) is 1.26. The molecular weight excluding hydrogens is 248 g/mol. The van der Waals surface area contributed by atoms with Gasteiger partial charge in [-0.15, -0.1) is 0 Å². The molecule has 5 N–H and O–H groups in total. The number of amides is 2. The Morgan fingerprint density at radius 1 is 1.32 bits per heavy atom. The highest BCUT2D eigenvalue weighted by Gasteiger charge is 2.15. The van der Waals surface area contributed by atoms with Crippen LogP contribution in [0.1, 0.15) is 31.3 Å². The lowest BCUT2D eigenvalue weighted by molar-refractivity contribution is -0.121. The highest BCUT2D eigenvalue weighted by atomic mass is 16.2. The van der Waals surface area contributed by atoms with Crippen LogP contribution in [0, 0.1) is 0 Å². The summed E-state index contributed by atoms with van der Waals surface area (Å²) in [4.78, 5) is 30.9. The lowest BCUT2D eigenvalue weighted by Gasteiger charge is -2.20. The Bertz CT molecular complexity index is 468. The highest BCUT2D eigenvalue weighted by molar-refractivity contribution is 5.94. The van der Waals surface area contributed by atoms with E-state index in [0.29, 0.717) is 0 Å². The number of carbonyl (C=O) groups is 2. The Hall–Kier alpha value is -2.22. The summed E-state index contributed by atoms with van der Waals surface area (Å²) in [6, 6.07) is 0. The highest BCUT2D eigenvalue weighted by Crippen LogP contribution is 2.00. The van der Waals surface area contributed by atoms with Gasteiger partial charge >= 0.3 is 0 Å². The molecule has 104 valence electrons. The number of carbonyl (C=O) groups excluding carboxylic acids is 2. The van der Waals surface area contributed by atoms with Gasteiger partial charge in [-0.05, 0) is 20.8 Å². The summed E-state index contributed by atoms with van der Waals surface area (Å²) in [5.74, 6) is 4.66. The van der Waals surface area contributed by atoms with Crippen LogP contribution in [-0.4, -0.2) is 33.9 Å². The summed E-state index contributed by atoms with van der Waals surface area (Å²) in [7, 11) is 0. The van der Waals surface area contributed by atoms with E-state index in [0.717, 1.165) is 0 Å². The van der Waals surface area contributed by atoms with E-state index in [2.05, 4.69) is 26.0 Å². The third-order valence-corrected chi connectivity index (χ3v) is 1.94. The Balaban J connectivity index is 2.53. The van der Waals surface area contributed by atoms with Gasteiger partial charge in [-0.1, -0.05) is 0 Å². The minimum atomic E-state index is -0.492. The number of rotatable bonds is 4. The monoisotopic (exact) mass is 266 g/mol. The molecule has 19 heavy (non-hydrogen) atoms. The quantitative estimate of drug-likeness (QED) is 0.426. The third-order valence-electron chi connectivity index (χ3n) is 1.94. The molecular formula is C11H18N6O2. The maximum absolute atomic E-state index is 11.7. The van der Waals surface area contributed by atoms with Crippen molar-refractivity contribution in [2.24, 2.45) is 5.84 Å². The molecule has 0 aliphatic rings. The first-order valence-corrected chi connectivity index (χ1v) is 5.69. The van der Waals surface area contributed by atoms with E-state index in [-0.39, 0.29) is 29.5 Å². The number of hydrogen-bond acceptors (Lipinski definition) is 6. The van der Waals surface area contributed by atoms with Gasteiger partial charge in [0.25, 0.3) is 5.91 Å². The minimum absolute atomic E-state index is 0.0824. The van der Waals surface area contributed by atoms with E-state index < -0.39 is 5.91 Å². The minimum Gasteiger partial charge on any atom is -0.350 e. The molecule has 0 saturated carbocycles. The molecule has 8 heteroatoms. The van der Waals surface area contributed by atoms with Crippen molar-refractivity contribution in [3.63, 3.8) is 0 Å². The molecule has 0 unspecified atom stereocenters. The molecule has 1 aromatic rings. The van der Waals surface area contributed by atoms with Crippen LogP contribution >= 0.6 is 0 Å². The van der Waals surface area contributed by atoms with Crippen LogP contribution in [0.25, 0.3) is 0 Å². The van der Waals surface area contributed by atoms with E-state index in [4.69, 9.17) is 5.84 Å². The van der Waals surface area contributed by atoms with Crippen LogP contribution in [0.3, 0.4) is 0 Å². The van der Waals surface area contributed by atoms with E-state index in [1.54, 1.807) is 0 Å². The second kappa shape index (κ2) is 6.10. The van der Waals surface area contributed by atoms with Gasteiger partial charge in [0.2, 0.25) is 5.91 Å². The first-order valence-electron chi connectivity index (χ1n) is 5.69. The zero-order chi connectivity index (χ0) is 14.5. The van der Waals surface area contributed by atoms with Gasteiger partial charge in [0.1, 0.15) is 5.69 Å². The first kappa shape index (κ1) is 14.8. The predicted octanol–water partition coefficient (Wildman–Crippen LogP) is -0.593. The Morgan fingerprint density at radius 2 is 2.00 bits per heavy atom. The zero-order valence-corrected chi connectivity index (χ0v) is 11.2. The molecule has 2 amide bonds. The molecule has 0 aliphatic carbocycles. The molecule has 0 fully saturated rings.